The fourth-order valence-corrected chi connectivity index (χ4v) is 3.35. The van der Waals surface area contributed by atoms with Crippen molar-refractivity contribution in [2.75, 3.05) is 12.4 Å². The van der Waals surface area contributed by atoms with Gasteiger partial charge in [0.25, 0.3) is 0 Å². The number of hydrogen-bond donors (Lipinski definition) is 1. The van der Waals surface area contributed by atoms with Crippen LogP contribution in [0.15, 0.2) is 52.7 Å². The number of ether oxygens (including phenoxy) is 1. The third-order valence-electron chi connectivity index (χ3n) is 3.91. The molecule has 3 aromatic rings. The van der Waals surface area contributed by atoms with E-state index in [1.165, 1.54) is 11.8 Å². The Hall–Kier alpha value is -3.07. The van der Waals surface area contributed by atoms with Gasteiger partial charge < -0.3 is 14.6 Å². The predicted octanol–water partition coefficient (Wildman–Crippen LogP) is 3.56. The van der Waals surface area contributed by atoms with Crippen LogP contribution in [-0.2, 0) is 11.3 Å². The Morgan fingerprint density at radius 3 is 2.75 bits per heavy atom. The number of aromatic nitrogens is 4. The first-order valence-electron chi connectivity index (χ1n) is 8.61. The number of anilines is 1. The minimum absolute atomic E-state index is 0.197. The lowest BCUT2D eigenvalue weighted by atomic mass is 10.2. The Kier molecular flexibility index (Phi) is 6.15. The number of aryl methyl sites for hydroxylation is 1. The van der Waals surface area contributed by atoms with Gasteiger partial charge in [-0.25, -0.2) is 0 Å². The summed E-state index contributed by atoms with van der Waals surface area (Å²) in [5.74, 6) is 2.29. The molecule has 0 aliphatic rings. The van der Waals surface area contributed by atoms with Crippen LogP contribution < -0.4 is 10.1 Å². The zero-order valence-corrected chi connectivity index (χ0v) is 16.7. The molecule has 0 bridgehead atoms. The highest BCUT2D eigenvalue weighted by atomic mass is 32.2. The largest absolute Gasteiger partial charge is 0.497 e. The zero-order chi connectivity index (χ0) is 20.1. The van der Waals surface area contributed by atoms with E-state index in [0.29, 0.717) is 29.1 Å². The molecular formula is C19H21N5O3S. The summed E-state index contributed by atoms with van der Waals surface area (Å²) in [6.45, 7) is 7.89. The summed E-state index contributed by atoms with van der Waals surface area (Å²) < 4.78 is 12.1. The fourth-order valence-electron chi connectivity index (χ4n) is 2.49. The van der Waals surface area contributed by atoms with Gasteiger partial charge in [-0.05, 0) is 38.1 Å². The number of carbonyl (C=O) groups is 1. The standard InChI is InChI=1S/C19H21N5O3S/c1-5-10-24-17(14-6-8-15(26-4)9-7-14)21-22-19(24)28-13(3)18(25)20-16-11-12(2)27-23-16/h5-9,11,13H,1,10H2,2-4H3,(H,20,23,25)/t13-/m1/s1. The molecule has 0 radical (unpaired) electrons. The summed E-state index contributed by atoms with van der Waals surface area (Å²) in [7, 11) is 1.62. The highest BCUT2D eigenvalue weighted by Crippen LogP contribution is 2.28. The van der Waals surface area contributed by atoms with Gasteiger partial charge >= 0.3 is 0 Å². The second-order valence-electron chi connectivity index (χ2n) is 6.01. The maximum Gasteiger partial charge on any atom is 0.238 e. The lowest BCUT2D eigenvalue weighted by Crippen LogP contribution is -2.23. The van der Waals surface area contributed by atoms with Crippen LogP contribution in [0.25, 0.3) is 11.4 Å². The van der Waals surface area contributed by atoms with Gasteiger partial charge in [-0.15, -0.1) is 16.8 Å². The molecule has 146 valence electrons. The first-order chi connectivity index (χ1) is 13.5. The van der Waals surface area contributed by atoms with Gasteiger partial charge in [-0.2, -0.15) is 0 Å². The molecule has 0 spiro atoms. The number of nitrogens with one attached hydrogen (secondary N) is 1. The lowest BCUT2D eigenvalue weighted by Gasteiger charge is -2.12. The maximum absolute atomic E-state index is 12.4. The van der Waals surface area contributed by atoms with Crippen molar-refractivity contribution in [3.63, 3.8) is 0 Å². The Morgan fingerprint density at radius 2 is 2.14 bits per heavy atom. The summed E-state index contributed by atoms with van der Waals surface area (Å²) >= 11 is 1.31. The third kappa shape index (κ3) is 4.42. The van der Waals surface area contributed by atoms with Gasteiger partial charge in [0.15, 0.2) is 16.8 Å². The molecule has 1 aromatic carbocycles. The van der Waals surface area contributed by atoms with E-state index in [9.17, 15) is 4.79 Å². The highest BCUT2D eigenvalue weighted by molar-refractivity contribution is 8.00. The number of methoxy groups -OCH3 is 1. The molecule has 0 aliphatic carbocycles. The average Bonchev–Trinajstić information content (AvgIpc) is 3.28. The number of rotatable bonds is 8. The van der Waals surface area contributed by atoms with Crippen molar-refractivity contribution < 1.29 is 14.1 Å². The molecular weight excluding hydrogens is 378 g/mol. The van der Waals surface area contributed by atoms with Crippen LogP contribution in [0, 0.1) is 6.92 Å². The third-order valence-corrected chi connectivity index (χ3v) is 4.99. The van der Waals surface area contributed by atoms with Gasteiger partial charge in [0.1, 0.15) is 11.5 Å². The Morgan fingerprint density at radius 1 is 1.39 bits per heavy atom. The molecule has 0 saturated heterocycles. The number of thioether (sulfide) groups is 1. The van der Waals surface area contributed by atoms with Crippen LogP contribution in [0.4, 0.5) is 5.82 Å². The summed E-state index contributed by atoms with van der Waals surface area (Å²) in [6.07, 6.45) is 1.77. The fraction of sp³-hybridized carbons (Fsp3) is 0.263. The molecule has 1 N–H and O–H groups in total. The minimum Gasteiger partial charge on any atom is -0.497 e. The molecule has 2 aromatic heterocycles. The second kappa shape index (κ2) is 8.75. The van der Waals surface area contributed by atoms with Crippen molar-refractivity contribution in [3.05, 3.63) is 48.7 Å². The van der Waals surface area contributed by atoms with Gasteiger partial charge in [0, 0.05) is 18.2 Å². The molecule has 3 rings (SSSR count). The van der Waals surface area contributed by atoms with E-state index in [1.54, 1.807) is 33.1 Å². The van der Waals surface area contributed by atoms with Gasteiger partial charge in [-0.3, -0.25) is 9.36 Å². The predicted molar refractivity (Wildman–Crippen MR) is 107 cm³/mol. The van der Waals surface area contributed by atoms with E-state index in [4.69, 9.17) is 9.26 Å². The van der Waals surface area contributed by atoms with Crippen molar-refractivity contribution in [2.45, 2.75) is 30.8 Å². The van der Waals surface area contributed by atoms with E-state index < -0.39 is 5.25 Å². The number of nitrogens with zero attached hydrogens (tertiary/aromatic N) is 4. The molecule has 9 heteroatoms. The lowest BCUT2D eigenvalue weighted by molar-refractivity contribution is -0.115. The van der Waals surface area contributed by atoms with Crippen LogP contribution in [0.3, 0.4) is 0 Å². The number of hydrogen-bond acceptors (Lipinski definition) is 7. The molecule has 0 fully saturated rings. The minimum atomic E-state index is -0.409. The van der Waals surface area contributed by atoms with Gasteiger partial charge in [0.05, 0.1) is 12.4 Å². The Balaban J connectivity index is 1.78. The number of amides is 1. The van der Waals surface area contributed by atoms with Crippen LogP contribution >= 0.6 is 11.8 Å². The average molecular weight is 399 g/mol. The molecule has 0 unspecified atom stereocenters. The second-order valence-corrected chi connectivity index (χ2v) is 7.31. The topological polar surface area (TPSA) is 95.1 Å². The highest BCUT2D eigenvalue weighted by Gasteiger charge is 2.21. The van der Waals surface area contributed by atoms with Crippen molar-refractivity contribution in [1.29, 1.82) is 0 Å². The SMILES string of the molecule is C=CCn1c(S[C@H](C)C(=O)Nc2cc(C)on2)nnc1-c1ccc(OC)cc1. The Bertz CT molecular complexity index is 964. The van der Waals surface area contributed by atoms with Crippen molar-refractivity contribution >= 4 is 23.5 Å². The van der Waals surface area contributed by atoms with E-state index in [-0.39, 0.29) is 5.91 Å². The van der Waals surface area contributed by atoms with Crippen LogP contribution in [0.1, 0.15) is 12.7 Å². The molecule has 0 aliphatic heterocycles. The summed E-state index contributed by atoms with van der Waals surface area (Å²) in [5, 5.41) is 15.3. The molecule has 1 atom stereocenters. The molecule has 8 nitrogen and oxygen atoms in total. The monoisotopic (exact) mass is 399 g/mol. The van der Waals surface area contributed by atoms with E-state index in [0.717, 1.165) is 11.3 Å². The van der Waals surface area contributed by atoms with E-state index in [2.05, 4.69) is 27.2 Å². The molecule has 28 heavy (non-hydrogen) atoms. The van der Waals surface area contributed by atoms with Gasteiger partial charge in [-0.1, -0.05) is 23.0 Å². The maximum atomic E-state index is 12.4. The zero-order valence-electron chi connectivity index (χ0n) is 15.9. The first-order valence-corrected chi connectivity index (χ1v) is 9.49. The van der Waals surface area contributed by atoms with Crippen molar-refractivity contribution in [1.82, 2.24) is 19.9 Å². The number of carbonyl (C=O) groups excluding carboxylic acids is 1. The summed E-state index contributed by atoms with van der Waals surface area (Å²) in [4.78, 5) is 12.4. The van der Waals surface area contributed by atoms with E-state index in [1.807, 2.05) is 28.8 Å². The summed E-state index contributed by atoms with van der Waals surface area (Å²) in [5.41, 5.74) is 0.900. The van der Waals surface area contributed by atoms with Crippen LogP contribution in [-0.4, -0.2) is 38.2 Å². The van der Waals surface area contributed by atoms with Crippen LogP contribution in [0.5, 0.6) is 5.75 Å². The van der Waals surface area contributed by atoms with Crippen molar-refractivity contribution in [3.8, 4) is 17.1 Å². The van der Waals surface area contributed by atoms with E-state index >= 15 is 0 Å². The first kappa shape index (κ1) is 19.7. The smallest absolute Gasteiger partial charge is 0.238 e. The van der Waals surface area contributed by atoms with Gasteiger partial charge in [0.2, 0.25) is 5.91 Å². The van der Waals surface area contributed by atoms with Crippen molar-refractivity contribution in [2.24, 2.45) is 0 Å². The summed E-state index contributed by atoms with van der Waals surface area (Å²) in [6, 6.07) is 9.23. The normalized spacial score (nSPS) is 11.8. The van der Waals surface area contributed by atoms with Crippen LogP contribution in [0.2, 0.25) is 0 Å². The Labute approximate surface area is 167 Å². The number of allylic oxidation sites excluding steroid dienone is 1. The quantitative estimate of drug-likeness (QED) is 0.457. The molecule has 0 saturated carbocycles. The molecule has 2 heterocycles. The molecule has 1 amide bonds. The number of benzene rings is 1.